The molecule has 0 saturated heterocycles. The number of fused-ring (bicyclic) bond motifs is 1. The van der Waals surface area contributed by atoms with Gasteiger partial charge in [-0.1, -0.05) is 67.7 Å². The molecule has 0 nitrogen and oxygen atoms in total. The van der Waals surface area contributed by atoms with E-state index in [0.717, 1.165) is 18.1 Å². The van der Waals surface area contributed by atoms with Gasteiger partial charge in [-0.2, -0.15) is 0 Å². The van der Waals surface area contributed by atoms with Gasteiger partial charge in [-0.3, -0.25) is 0 Å². The molecule has 0 unspecified atom stereocenters. The van der Waals surface area contributed by atoms with Gasteiger partial charge in [0.25, 0.3) is 0 Å². The van der Waals surface area contributed by atoms with E-state index in [9.17, 15) is 13.2 Å². The first-order valence-corrected chi connectivity index (χ1v) is 11.3. The Hall–Kier alpha value is -3.95. The van der Waals surface area contributed by atoms with Crippen LogP contribution in [0, 0.1) is 41.1 Å². The molecule has 0 fully saturated rings. The van der Waals surface area contributed by atoms with E-state index in [4.69, 9.17) is 0 Å². The maximum atomic E-state index is 14.6. The van der Waals surface area contributed by atoms with Crippen molar-refractivity contribution in [1.82, 2.24) is 0 Å². The first-order valence-electron chi connectivity index (χ1n) is 11.3. The standard InChI is InChI=1S/C31H23F3/c1-2-3-4-5-22-6-8-23(9-7-22)10-11-25-13-16-26(30(33)21-25)15-12-24-14-18-28-27(20-24)17-19-29(32)31(28)34/h6-9,13-14,16-21H,2-5H2,1H3. The quantitative estimate of drug-likeness (QED) is 0.219. The van der Waals surface area contributed by atoms with Crippen LogP contribution in [0.15, 0.2) is 72.8 Å². The van der Waals surface area contributed by atoms with Gasteiger partial charge in [0.2, 0.25) is 0 Å². The van der Waals surface area contributed by atoms with Gasteiger partial charge in [0.15, 0.2) is 11.6 Å². The molecule has 0 amide bonds. The average molecular weight is 453 g/mol. The van der Waals surface area contributed by atoms with Crippen LogP contribution in [0.5, 0.6) is 0 Å². The van der Waals surface area contributed by atoms with Gasteiger partial charge in [0.05, 0.1) is 5.56 Å². The zero-order valence-corrected chi connectivity index (χ0v) is 18.9. The minimum absolute atomic E-state index is 0.186. The lowest BCUT2D eigenvalue weighted by molar-refractivity contribution is 0.517. The summed E-state index contributed by atoms with van der Waals surface area (Å²) < 4.78 is 41.8. The molecule has 0 heterocycles. The summed E-state index contributed by atoms with van der Waals surface area (Å²) in [6, 6.07) is 20.2. The Bertz CT molecular complexity index is 1440. The van der Waals surface area contributed by atoms with Gasteiger partial charge in [-0.15, -0.1) is 0 Å². The van der Waals surface area contributed by atoms with Crippen LogP contribution in [0.1, 0.15) is 54.0 Å². The molecule has 168 valence electrons. The summed E-state index contributed by atoms with van der Waals surface area (Å²) in [5, 5.41) is 0.719. The van der Waals surface area contributed by atoms with Gasteiger partial charge in [0.1, 0.15) is 5.82 Å². The monoisotopic (exact) mass is 452 g/mol. The number of halogens is 3. The fourth-order valence-electron chi connectivity index (χ4n) is 3.65. The molecular weight excluding hydrogens is 429 g/mol. The summed E-state index contributed by atoms with van der Waals surface area (Å²) in [5.41, 5.74) is 3.58. The number of benzene rings is 4. The van der Waals surface area contributed by atoms with Gasteiger partial charge in [-0.05, 0) is 72.3 Å². The second-order valence-corrected chi connectivity index (χ2v) is 8.15. The van der Waals surface area contributed by atoms with Crippen LogP contribution < -0.4 is 0 Å². The maximum absolute atomic E-state index is 14.6. The Morgan fingerprint density at radius 2 is 1.29 bits per heavy atom. The average Bonchev–Trinajstić information content (AvgIpc) is 2.85. The molecule has 0 bridgehead atoms. The zero-order valence-electron chi connectivity index (χ0n) is 18.9. The summed E-state index contributed by atoms with van der Waals surface area (Å²) in [6.45, 7) is 2.19. The molecule has 0 aliphatic rings. The third kappa shape index (κ3) is 5.69. The fourth-order valence-corrected chi connectivity index (χ4v) is 3.65. The highest BCUT2D eigenvalue weighted by Crippen LogP contribution is 2.21. The van der Waals surface area contributed by atoms with E-state index < -0.39 is 17.5 Å². The van der Waals surface area contributed by atoms with Crippen molar-refractivity contribution in [2.45, 2.75) is 32.6 Å². The molecule has 0 saturated carbocycles. The molecular formula is C31H23F3. The van der Waals surface area contributed by atoms with E-state index in [-0.39, 0.29) is 10.9 Å². The number of aryl methyl sites for hydroxylation is 1. The summed E-state index contributed by atoms with van der Waals surface area (Å²) in [7, 11) is 0. The van der Waals surface area contributed by atoms with E-state index >= 15 is 0 Å². The largest absolute Gasteiger partial charge is 0.206 e. The lowest BCUT2D eigenvalue weighted by atomic mass is 10.0. The first-order chi connectivity index (χ1) is 16.5. The Balaban J connectivity index is 1.47. The van der Waals surface area contributed by atoms with Crippen LogP contribution >= 0.6 is 0 Å². The topological polar surface area (TPSA) is 0 Å². The van der Waals surface area contributed by atoms with Gasteiger partial charge < -0.3 is 0 Å². The SMILES string of the molecule is CCCCCc1ccc(C#Cc2ccc(C#Cc3ccc4c(F)c(F)ccc4c3)c(F)c2)cc1. The second kappa shape index (κ2) is 10.8. The molecule has 0 radical (unpaired) electrons. The first kappa shape index (κ1) is 23.2. The molecule has 0 aliphatic carbocycles. The molecule has 0 atom stereocenters. The Kier molecular flexibility index (Phi) is 7.36. The number of unbranched alkanes of at least 4 members (excludes halogenated alkanes) is 2. The maximum Gasteiger partial charge on any atom is 0.166 e. The molecule has 0 spiro atoms. The van der Waals surface area contributed by atoms with Crippen molar-refractivity contribution < 1.29 is 13.2 Å². The Morgan fingerprint density at radius 3 is 2.06 bits per heavy atom. The van der Waals surface area contributed by atoms with Crippen LogP contribution in [0.2, 0.25) is 0 Å². The van der Waals surface area contributed by atoms with E-state index in [2.05, 4.69) is 42.7 Å². The normalized spacial score (nSPS) is 10.4. The second-order valence-electron chi connectivity index (χ2n) is 8.15. The highest BCUT2D eigenvalue weighted by Gasteiger charge is 2.07. The highest BCUT2D eigenvalue weighted by molar-refractivity contribution is 5.84. The minimum Gasteiger partial charge on any atom is -0.206 e. The van der Waals surface area contributed by atoms with Crippen LogP contribution in [0.3, 0.4) is 0 Å². The van der Waals surface area contributed by atoms with Gasteiger partial charge in [-0.25, -0.2) is 13.2 Å². The molecule has 4 aromatic rings. The predicted molar refractivity (Wildman–Crippen MR) is 132 cm³/mol. The third-order valence-corrected chi connectivity index (χ3v) is 5.59. The van der Waals surface area contributed by atoms with Crippen molar-refractivity contribution in [3.05, 3.63) is 118 Å². The van der Waals surface area contributed by atoms with E-state index in [0.29, 0.717) is 16.5 Å². The number of hydrogen-bond acceptors (Lipinski definition) is 0. The zero-order chi connectivity index (χ0) is 23.9. The van der Waals surface area contributed by atoms with Crippen LogP contribution in [0.4, 0.5) is 13.2 Å². The molecule has 0 N–H and O–H groups in total. The van der Waals surface area contributed by atoms with Crippen molar-refractivity contribution in [3.63, 3.8) is 0 Å². The summed E-state index contributed by atoms with van der Waals surface area (Å²) >= 11 is 0. The summed E-state index contributed by atoms with van der Waals surface area (Å²) in [6.07, 6.45) is 4.70. The molecule has 4 rings (SSSR count). The fraction of sp³-hybridized carbons (Fsp3) is 0.161. The lowest BCUT2D eigenvalue weighted by Gasteiger charge is -2.01. The van der Waals surface area contributed by atoms with E-state index in [1.54, 1.807) is 24.3 Å². The minimum atomic E-state index is -0.893. The molecule has 0 aliphatic heterocycles. The molecule has 34 heavy (non-hydrogen) atoms. The Morgan fingerprint density at radius 1 is 0.618 bits per heavy atom. The Labute approximate surface area is 198 Å². The lowest BCUT2D eigenvalue weighted by Crippen LogP contribution is -1.88. The summed E-state index contributed by atoms with van der Waals surface area (Å²) in [5.74, 6) is 9.53. The third-order valence-electron chi connectivity index (χ3n) is 5.59. The summed E-state index contributed by atoms with van der Waals surface area (Å²) in [4.78, 5) is 0. The van der Waals surface area contributed by atoms with Gasteiger partial charge in [0, 0.05) is 22.1 Å². The van der Waals surface area contributed by atoms with E-state index in [1.807, 2.05) is 12.1 Å². The highest BCUT2D eigenvalue weighted by atomic mass is 19.2. The smallest absolute Gasteiger partial charge is 0.166 e. The predicted octanol–water partition coefficient (Wildman–Crippen LogP) is 7.79. The number of hydrogen-bond donors (Lipinski definition) is 0. The van der Waals surface area contributed by atoms with E-state index in [1.165, 1.54) is 43.0 Å². The van der Waals surface area contributed by atoms with Crippen molar-refractivity contribution in [1.29, 1.82) is 0 Å². The van der Waals surface area contributed by atoms with Crippen molar-refractivity contribution in [2.24, 2.45) is 0 Å². The van der Waals surface area contributed by atoms with Crippen molar-refractivity contribution in [3.8, 4) is 23.7 Å². The van der Waals surface area contributed by atoms with Crippen LogP contribution in [-0.2, 0) is 6.42 Å². The van der Waals surface area contributed by atoms with Crippen LogP contribution in [-0.4, -0.2) is 0 Å². The molecule has 3 heteroatoms. The molecule has 4 aromatic carbocycles. The van der Waals surface area contributed by atoms with Gasteiger partial charge >= 0.3 is 0 Å². The van der Waals surface area contributed by atoms with Crippen molar-refractivity contribution >= 4 is 10.8 Å². The number of rotatable bonds is 4. The van der Waals surface area contributed by atoms with Crippen LogP contribution in [0.25, 0.3) is 10.8 Å². The molecule has 0 aromatic heterocycles. The van der Waals surface area contributed by atoms with Crippen molar-refractivity contribution in [2.75, 3.05) is 0 Å².